The van der Waals surface area contributed by atoms with E-state index in [-0.39, 0.29) is 0 Å². The highest BCUT2D eigenvalue weighted by Crippen LogP contribution is 2.30. The average Bonchev–Trinajstić information content (AvgIpc) is 2.98. The first-order valence-corrected chi connectivity index (χ1v) is 12.0. The number of pyridine rings is 1. The van der Waals surface area contributed by atoms with Crippen LogP contribution in [-0.4, -0.2) is 15.0 Å². The minimum Gasteiger partial charge on any atom is -0.256 e. The van der Waals surface area contributed by atoms with Crippen molar-refractivity contribution in [2.45, 2.75) is 0 Å². The summed E-state index contributed by atoms with van der Waals surface area (Å²) in [6, 6.07) is 45.5. The smallest absolute Gasteiger partial charge is 0.160 e. The zero-order valence-electron chi connectivity index (χ0n) is 19.6. The normalized spacial score (nSPS) is 10.8. The summed E-state index contributed by atoms with van der Waals surface area (Å²) in [5, 5.41) is 0. The number of hydrogen-bond donors (Lipinski definition) is 0. The summed E-state index contributed by atoms with van der Waals surface area (Å²) in [6.07, 6.45) is 1.82. The molecule has 3 nitrogen and oxygen atoms in total. The molecule has 2 aromatic heterocycles. The lowest BCUT2D eigenvalue weighted by molar-refractivity contribution is 1.18. The molecule has 0 saturated heterocycles. The molecule has 0 aliphatic carbocycles. The van der Waals surface area contributed by atoms with E-state index >= 15 is 0 Å². The third-order valence-electron chi connectivity index (χ3n) is 6.16. The topological polar surface area (TPSA) is 38.7 Å². The highest BCUT2D eigenvalue weighted by molar-refractivity contribution is 5.75. The van der Waals surface area contributed by atoms with Gasteiger partial charge in [-0.15, -0.1) is 0 Å². The lowest BCUT2D eigenvalue weighted by atomic mass is 10.00. The molecule has 0 aliphatic rings. The molecular weight excluding hydrogens is 438 g/mol. The third-order valence-corrected chi connectivity index (χ3v) is 6.16. The van der Waals surface area contributed by atoms with Crippen molar-refractivity contribution in [2.24, 2.45) is 0 Å². The summed E-state index contributed by atoms with van der Waals surface area (Å²) in [7, 11) is 0. The number of rotatable bonds is 5. The Hall–Kier alpha value is -4.89. The van der Waals surface area contributed by atoms with Crippen LogP contribution in [-0.2, 0) is 0 Å². The predicted molar refractivity (Wildman–Crippen MR) is 147 cm³/mol. The van der Waals surface area contributed by atoms with Crippen LogP contribution in [0.2, 0.25) is 0 Å². The largest absolute Gasteiger partial charge is 0.256 e. The molecule has 0 fully saturated rings. The highest BCUT2D eigenvalue weighted by Gasteiger charge is 2.11. The molecule has 2 heterocycles. The molecule has 0 radical (unpaired) electrons. The van der Waals surface area contributed by atoms with Crippen LogP contribution in [0.5, 0.6) is 0 Å². The van der Waals surface area contributed by atoms with Crippen LogP contribution in [0, 0.1) is 0 Å². The summed E-state index contributed by atoms with van der Waals surface area (Å²) in [5.74, 6) is 0.710. The maximum absolute atomic E-state index is 4.97. The van der Waals surface area contributed by atoms with Gasteiger partial charge < -0.3 is 0 Å². The van der Waals surface area contributed by atoms with Gasteiger partial charge in [-0.3, -0.25) is 4.98 Å². The van der Waals surface area contributed by atoms with Crippen molar-refractivity contribution in [1.29, 1.82) is 0 Å². The number of aromatic nitrogens is 3. The molecule has 6 rings (SSSR count). The molecule has 0 spiro atoms. The van der Waals surface area contributed by atoms with Crippen molar-refractivity contribution >= 4 is 0 Å². The Kier molecular flexibility index (Phi) is 5.87. The Balaban J connectivity index is 1.41. The van der Waals surface area contributed by atoms with Crippen LogP contribution in [0.15, 0.2) is 140 Å². The second kappa shape index (κ2) is 9.77. The van der Waals surface area contributed by atoms with Gasteiger partial charge in [0.15, 0.2) is 5.82 Å². The van der Waals surface area contributed by atoms with Gasteiger partial charge in [0.25, 0.3) is 0 Å². The highest BCUT2D eigenvalue weighted by atomic mass is 14.9. The Morgan fingerprint density at radius 2 is 0.861 bits per heavy atom. The van der Waals surface area contributed by atoms with E-state index in [2.05, 4.69) is 83.8 Å². The lowest BCUT2D eigenvalue weighted by Gasteiger charge is -2.11. The minimum atomic E-state index is 0.710. The molecule has 0 N–H and O–H groups in total. The maximum Gasteiger partial charge on any atom is 0.160 e. The first kappa shape index (κ1) is 21.6. The summed E-state index contributed by atoms with van der Waals surface area (Å²) in [6.45, 7) is 0. The Bertz CT molecular complexity index is 1540. The Labute approximate surface area is 210 Å². The SMILES string of the molecule is c1ccc(-c2cc(-c3ccccc3)nc(-c3cccc(-c4ccc(-c5ccccn5)cc4)c3)n2)cc1. The summed E-state index contributed by atoms with van der Waals surface area (Å²) < 4.78 is 0. The van der Waals surface area contributed by atoms with E-state index in [4.69, 9.17) is 9.97 Å². The minimum absolute atomic E-state index is 0.710. The molecule has 4 aromatic carbocycles. The van der Waals surface area contributed by atoms with Gasteiger partial charge in [-0.25, -0.2) is 9.97 Å². The van der Waals surface area contributed by atoms with Crippen LogP contribution < -0.4 is 0 Å². The van der Waals surface area contributed by atoms with Crippen molar-refractivity contribution in [1.82, 2.24) is 15.0 Å². The maximum atomic E-state index is 4.97. The molecule has 0 aliphatic heterocycles. The second-order valence-electron chi connectivity index (χ2n) is 8.57. The van der Waals surface area contributed by atoms with E-state index in [0.717, 1.165) is 50.5 Å². The van der Waals surface area contributed by atoms with Crippen LogP contribution >= 0.6 is 0 Å². The Morgan fingerprint density at radius 3 is 1.47 bits per heavy atom. The van der Waals surface area contributed by atoms with Crippen molar-refractivity contribution < 1.29 is 0 Å². The van der Waals surface area contributed by atoms with Gasteiger partial charge >= 0.3 is 0 Å². The molecule has 0 saturated carbocycles. The van der Waals surface area contributed by atoms with Gasteiger partial charge in [0.2, 0.25) is 0 Å². The quantitative estimate of drug-likeness (QED) is 0.260. The summed E-state index contributed by atoms with van der Waals surface area (Å²) in [5.41, 5.74) is 9.26. The van der Waals surface area contributed by atoms with Gasteiger partial charge in [0, 0.05) is 28.5 Å². The van der Waals surface area contributed by atoms with Gasteiger partial charge in [0.05, 0.1) is 17.1 Å². The van der Waals surface area contributed by atoms with Crippen molar-refractivity contribution in [3.8, 4) is 56.3 Å². The third kappa shape index (κ3) is 4.55. The summed E-state index contributed by atoms with van der Waals surface area (Å²) >= 11 is 0. The Morgan fingerprint density at radius 1 is 0.333 bits per heavy atom. The predicted octanol–water partition coefficient (Wildman–Crippen LogP) is 8.21. The molecule has 0 atom stereocenters. The van der Waals surface area contributed by atoms with Crippen LogP contribution in [0.25, 0.3) is 56.3 Å². The van der Waals surface area contributed by atoms with E-state index in [1.165, 1.54) is 0 Å². The van der Waals surface area contributed by atoms with Gasteiger partial charge in [-0.1, -0.05) is 109 Å². The average molecular weight is 462 g/mol. The molecule has 0 unspecified atom stereocenters. The van der Waals surface area contributed by atoms with Crippen molar-refractivity contribution in [2.75, 3.05) is 0 Å². The fraction of sp³-hybridized carbons (Fsp3) is 0. The molecule has 170 valence electrons. The van der Waals surface area contributed by atoms with E-state index in [1.54, 1.807) is 0 Å². The fourth-order valence-electron chi connectivity index (χ4n) is 4.29. The molecular formula is C33H23N3. The van der Waals surface area contributed by atoms with Crippen molar-refractivity contribution in [3.63, 3.8) is 0 Å². The van der Waals surface area contributed by atoms with E-state index in [1.807, 2.05) is 60.8 Å². The monoisotopic (exact) mass is 461 g/mol. The zero-order valence-corrected chi connectivity index (χ0v) is 19.6. The fourth-order valence-corrected chi connectivity index (χ4v) is 4.29. The van der Waals surface area contributed by atoms with Gasteiger partial charge in [-0.05, 0) is 35.4 Å². The molecule has 6 aromatic rings. The van der Waals surface area contributed by atoms with Crippen LogP contribution in [0.4, 0.5) is 0 Å². The lowest BCUT2D eigenvalue weighted by Crippen LogP contribution is -1.96. The standard InChI is InChI=1S/C33H23N3/c1-3-10-25(11-4-1)31-23-32(26-12-5-2-6-13-26)36-33(35-31)29-15-9-14-28(22-29)24-17-19-27(20-18-24)30-16-7-8-21-34-30/h1-23H. The van der Waals surface area contributed by atoms with E-state index < -0.39 is 0 Å². The number of hydrogen-bond acceptors (Lipinski definition) is 3. The first-order valence-electron chi connectivity index (χ1n) is 12.0. The number of benzene rings is 4. The second-order valence-corrected chi connectivity index (χ2v) is 8.57. The molecule has 36 heavy (non-hydrogen) atoms. The van der Waals surface area contributed by atoms with Gasteiger partial charge in [0.1, 0.15) is 0 Å². The van der Waals surface area contributed by atoms with Crippen LogP contribution in [0.1, 0.15) is 0 Å². The van der Waals surface area contributed by atoms with Gasteiger partial charge in [-0.2, -0.15) is 0 Å². The van der Waals surface area contributed by atoms with Crippen LogP contribution in [0.3, 0.4) is 0 Å². The van der Waals surface area contributed by atoms with E-state index in [9.17, 15) is 0 Å². The zero-order chi connectivity index (χ0) is 24.2. The molecule has 0 amide bonds. The van der Waals surface area contributed by atoms with E-state index in [0.29, 0.717) is 5.82 Å². The molecule has 0 bridgehead atoms. The first-order chi connectivity index (χ1) is 17.8. The number of nitrogens with zero attached hydrogens (tertiary/aromatic N) is 3. The molecule has 3 heteroatoms. The van der Waals surface area contributed by atoms with Crippen molar-refractivity contribution in [3.05, 3.63) is 140 Å². The summed E-state index contributed by atoms with van der Waals surface area (Å²) in [4.78, 5) is 14.4.